The van der Waals surface area contributed by atoms with Crippen LogP contribution in [0.3, 0.4) is 0 Å². The van der Waals surface area contributed by atoms with Crippen molar-refractivity contribution in [3.05, 3.63) is 53.9 Å². The summed E-state index contributed by atoms with van der Waals surface area (Å²) in [5.41, 5.74) is 8.45. The number of nitrogens with two attached hydrogens (primary N) is 1. The maximum atomic E-state index is 13.7. The molecule has 3 heterocycles. The molecule has 3 aromatic rings. The highest BCUT2D eigenvalue weighted by Gasteiger charge is 2.48. The average molecular weight is 435 g/mol. The van der Waals surface area contributed by atoms with Gasteiger partial charge >= 0.3 is 0 Å². The van der Waals surface area contributed by atoms with Gasteiger partial charge in [-0.3, -0.25) is 9.59 Å². The number of nitrogens with one attached hydrogen (secondary N) is 1. The standard InChI is InChI=1S/C25H30N4O3/c1-16-3-9-19(10-4-16)27-24(31)25(2)15-28-20-11-12-32-22(20)13-21(28)23(30)29(25)14-17-5-7-18(26)8-6-17/h5-8,11-13,16,19H,3-4,9-10,14-15,26H2,1-2H3,(H,27,31). The topological polar surface area (TPSA) is 93.5 Å². The van der Waals surface area contributed by atoms with Gasteiger partial charge in [0.2, 0.25) is 5.91 Å². The van der Waals surface area contributed by atoms with E-state index in [-0.39, 0.29) is 17.9 Å². The van der Waals surface area contributed by atoms with Crippen LogP contribution >= 0.6 is 0 Å². The molecule has 1 fully saturated rings. The smallest absolute Gasteiger partial charge is 0.271 e. The van der Waals surface area contributed by atoms with Gasteiger partial charge in [-0.25, -0.2) is 0 Å². The molecular weight excluding hydrogens is 404 g/mol. The second-order valence-electron chi connectivity index (χ2n) is 9.62. The molecule has 5 rings (SSSR count). The summed E-state index contributed by atoms with van der Waals surface area (Å²) in [6, 6.07) is 11.2. The summed E-state index contributed by atoms with van der Waals surface area (Å²) in [6.07, 6.45) is 5.81. The first kappa shape index (κ1) is 20.7. The van der Waals surface area contributed by atoms with Gasteiger partial charge in [0.25, 0.3) is 5.91 Å². The van der Waals surface area contributed by atoms with Crippen LogP contribution in [0.5, 0.6) is 0 Å². The number of amides is 2. The summed E-state index contributed by atoms with van der Waals surface area (Å²) in [5, 5.41) is 3.27. The van der Waals surface area contributed by atoms with Gasteiger partial charge < -0.3 is 24.9 Å². The number of hydrogen-bond acceptors (Lipinski definition) is 4. The molecular formula is C25H30N4O3. The Labute approximate surface area is 187 Å². The first-order valence-electron chi connectivity index (χ1n) is 11.4. The zero-order valence-corrected chi connectivity index (χ0v) is 18.6. The molecule has 1 aliphatic carbocycles. The van der Waals surface area contributed by atoms with E-state index >= 15 is 0 Å². The maximum absolute atomic E-state index is 13.7. The van der Waals surface area contributed by atoms with E-state index < -0.39 is 5.54 Å². The molecule has 168 valence electrons. The molecule has 7 nitrogen and oxygen atoms in total. The predicted octanol–water partition coefficient (Wildman–Crippen LogP) is 3.93. The molecule has 0 radical (unpaired) electrons. The number of nitrogens with zero attached hydrogens (tertiary/aromatic N) is 2. The van der Waals surface area contributed by atoms with Crippen LogP contribution < -0.4 is 11.1 Å². The van der Waals surface area contributed by atoms with E-state index in [9.17, 15) is 9.59 Å². The fourth-order valence-electron chi connectivity index (χ4n) is 5.07. The van der Waals surface area contributed by atoms with Crippen molar-refractivity contribution in [1.82, 2.24) is 14.8 Å². The van der Waals surface area contributed by atoms with E-state index in [0.717, 1.165) is 36.8 Å². The van der Waals surface area contributed by atoms with Gasteiger partial charge in [-0.05, 0) is 56.2 Å². The Hall–Kier alpha value is -3.22. The molecule has 1 unspecified atom stereocenters. The molecule has 1 aromatic carbocycles. The Balaban J connectivity index is 1.50. The van der Waals surface area contributed by atoms with Gasteiger partial charge in [0.15, 0.2) is 5.58 Å². The Morgan fingerprint density at radius 1 is 1.19 bits per heavy atom. The third-order valence-corrected chi connectivity index (χ3v) is 7.21. The average Bonchev–Trinajstić information content (AvgIpc) is 3.36. The van der Waals surface area contributed by atoms with Crippen LogP contribution in [0.1, 0.15) is 55.6 Å². The normalized spacial score (nSPS) is 25.7. The summed E-state index contributed by atoms with van der Waals surface area (Å²) in [5.74, 6) is 0.431. The number of anilines is 1. The monoisotopic (exact) mass is 434 g/mol. The predicted molar refractivity (Wildman–Crippen MR) is 123 cm³/mol. The van der Waals surface area contributed by atoms with E-state index in [0.29, 0.717) is 36.0 Å². The van der Waals surface area contributed by atoms with Crippen molar-refractivity contribution in [2.45, 2.75) is 64.2 Å². The zero-order chi connectivity index (χ0) is 22.5. The molecule has 0 saturated heterocycles. The fraction of sp³-hybridized carbons (Fsp3) is 0.440. The Morgan fingerprint density at radius 3 is 2.62 bits per heavy atom. The Morgan fingerprint density at radius 2 is 1.91 bits per heavy atom. The number of furan rings is 1. The minimum Gasteiger partial charge on any atom is -0.463 e. The molecule has 1 aliphatic heterocycles. The summed E-state index contributed by atoms with van der Waals surface area (Å²) < 4.78 is 7.46. The summed E-state index contributed by atoms with van der Waals surface area (Å²) in [6.45, 7) is 4.84. The highest BCUT2D eigenvalue weighted by molar-refractivity contribution is 6.02. The van der Waals surface area contributed by atoms with Crippen LogP contribution in [0.2, 0.25) is 0 Å². The molecule has 0 bridgehead atoms. The van der Waals surface area contributed by atoms with E-state index in [1.54, 1.807) is 17.2 Å². The second-order valence-corrected chi connectivity index (χ2v) is 9.62. The van der Waals surface area contributed by atoms with Gasteiger partial charge in [0.1, 0.15) is 11.2 Å². The Kier molecular flexibility index (Phi) is 4.99. The van der Waals surface area contributed by atoms with Crippen molar-refractivity contribution >= 4 is 28.6 Å². The number of nitrogen functional groups attached to an aromatic ring is 1. The first-order valence-corrected chi connectivity index (χ1v) is 11.4. The molecule has 32 heavy (non-hydrogen) atoms. The van der Waals surface area contributed by atoms with E-state index in [2.05, 4.69) is 12.2 Å². The van der Waals surface area contributed by atoms with Gasteiger partial charge in [-0.2, -0.15) is 0 Å². The maximum Gasteiger partial charge on any atom is 0.271 e. The van der Waals surface area contributed by atoms with Gasteiger partial charge in [-0.1, -0.05) is 19.1 Å². The molecule has 0 spiro atoms. The fourth-order valence-corrected chi connectivity index (χ4v) is 5.07. The second kappa shape index (κ2) is 7.73. The molecule has 7 heteroatoms. The number of fused-ring (bicyclic) bond motifs is 3. The minimum absolute atomic E-state index is 0.100. The lowest BCUT2D eigenvalue weighted by Gasteiger charge is -2.45. The van der Waals surface area contributed by atoms with E-state index in [4.69, 9.17) is 10.2 Å². The van der Waals surface area contributed by atoms with Crippen LogP contribution in [0.15, 0.2) is 47.1 Å². The van der Waals surface area contributed by atoms with Crippen molar-refractivity contribution in [2.24, 2.45) is 5.92 Å². The quantitative estimate of drug-likeness (QED) is 0.609. The van der Waals surface area contributed by atoms with Gasteiger partial charge in [-0.15, -0.1) is 0 Å². The Bertz CT molecular complexity index is 1150. The molecule has 3 N–H and O–H groups in total. The number of aromatic nitrogens is 1. The zero-order valence-electron chi connectivity index (χ0n) is 18.6. The number of benzene rings is 1. The highest BCUT2D eigenvalue weighted by atomic mass is 16.3. The van der Waals surface area contributed by atoms with E-state index in [1.165, 1.54) is 0 Å². The van der Waals surface area contributed by atoms with E-state index in [1.807, 2.05) is 41.8 Å². The molecule has 2 amide bonds. The van der Waals surface area contributed by atoms with Crippen LogP contribution in [0, 0.1) is 5.92 Å². The largest absolute Gasteiger partial charge is 0.463 e. The lowest BCUT2D eigenvalue weighted by atomic mass is 9.86. The van der Waals surface area contributed by atoms with Crippen LogP contribution in [0.25, 0.3) is 11.1 Å². The number of carbonyl (C=O) groups is 2. The van der Waals surface area contributed by atoms with Crippen molar-refractivity contribution in [1.29, 1.82) is 0 Å². The van der Waals surface area contributed by atoms with Crippen molar-refractivity contribution in [2.75, 3.05) is 5.73 Å². The highest BCUT2D eigenvalue weighted by Crippen LogP contribution is 2.34. The molecule has 2 aliphatic rings. The minimum atomic E-state index is -1.03. The molecule has 1 saturated carbocycles. The first-order chi connectivity index (χ1) is 15.3. The summed E-state index contributed by atoms with van der Waals surface area (Å²) in [4.78, 5) is 29.1. The van der Waals surface area contributed by atoms with Crippen molar-refractivity contribution < 1.29 is 14.0 Å². The molecule has 2 aromatic heterocycles. The lowest BCUT2D eigenvalue weighted by Crippen LogP contribution is -2.64. The van der Waals surface area contributed by atoms with Crippen LogP contribution in [-0.2, 0) is 17.9 Å². The van der Waals surface area contributed by atoms with Gasteiger partial charge in [0.05, 0.1) is 18.3 Å². The SMILES string of the molecule is CC1CCC(NC(=O)C2(C)Cn3c(cc4occc43)C(=O)N2Cc2ccc(N)cc2)CC1. The molecule has 1 atom stereocenters. The number of rotatable bonds is 4. The summed E-state index contributed by atoms with van der Waals surface area (Å²) >= 11 is 0. The summed E-state index contributed by atoms with van der Waals surface area (Å²) in [7, 11) is 0. The van der Waals surface area contributed by atoms with Crippen LogP contribution in [-0.4, -0.2) is 32.9 Å². The van der Waals surface area contributed by atoms with Crippen molar-refractivity contribution in [3.63, 3.8) is 0 Å². The van der Waals surface area contributed by atoms with Gasteiger partial charge in [0, 0.05) is 30.4 Å². The third-order valence-electron chi connectivity index (χ3n) is 7.21. The third kappa shape index (κ3) is 3.45. The van der Waals surface area contributed by atoms with Crippen molar-refractivity contribution in [3.8, 4) is 0 Å². The number of hydrogen-bond donors (Lipinski definition) is 2. The number of carbonyl (C=O) groups excluding carboxylic acids is 2. The lowest BCUT2D eigenvalue weighted by molar-refractivity contribution is -0.134. The van der Waals surface area contributed by atoms with Crippen LogP contribution in [0.4, 0.5) is 5.69 Å².